The number of carbonyl (C=O) groups excluding carboxylic acids is 1. The number of ether oxygens (including phenoxy) is 3. The summed E-state index contributed by atoms with van der Waals surface area (Å²) in [5.41, 5.74) is 2.29. The highest BCUT2D eigenvalue weighted by Crippen LogP contribution is 2.21. The van der Waals surface area contributed by atoms with Crippen molar-refractivity contribution in [2.24, 2.45) is 0 Å². The average Bonchev–Trinajstić information content (AvgIpc) is 2.48. The SMILES string of the molecule is COc1ccc(OC2CCN(NC(=O)OC(C)(C)C)CC2)cc1. The van der Waals surface area contributed by atoms with Crippen molar-refractivity contribution in [1.29, 1.82) is 0 Å². The van der Waals surface area contributed by atoms with Crippen LogP contribution in [0.1, 0.15) is 33.6 Å². The van der Waals surface area contributed by atoms with Crippen molar-refractivity contribution in [2.75, 3.05) is 20.2 Å². The summed E-state index contributed by atoms with van der Waals surface area (Å²) >= 11 is 0. The molecule has 6 heteroatoms. The maximum absolute atomic E-state index is 11.7. The molecule has 1 saturated heterocycles. The molecule has 1 amide bonds. The van der Waals surface area contributed by atoms with E-state index in [1.54, 1.807) is 7.11 Å². The van der Waals surface area contributed by atoms with Crippen LogP contribution in [0.3, 0.4) is 0 Å². The molecule has 0 radical (unpaired) electrons. The van der Waals surface area contributed by atoms with Crippen molar-refractivity contribution >= 4 is 6.09 Å². The van der Waals surface area contributed by atoms with Gasteiger partial charge in [-0.05, 0) is 57.9 Å². The monoisotopic (exact) mass is 322 g/mol. The Morgan fingerprint density at radius 3 is 2.22 bits per heavy atom. The summed E-state index contributed by atoms with van der Waals surface area (Å²) in [4.78, 5) is 11.7. The minimum absolute atomic E-state index is 0.153. The first-order chi connectivity index (χ1) is 10.9. The number of amides is 1. The van der Waals surface area contributed by atoms with Gasteiger partial charge in [0.1, 0.15) is 23.2 Å². The number of carbonyl (C=O) groups is 1. The summed E-state index contributed by atoms with van der Waals surface area (Å²) in [7, 11) is 1.64. The molecule has 0 aliphatic carbocycles. The molecule has 6 nitrogen and oxygen atoms in total. The Morgan fingerprint density at radius 1 is 1.13 bits per heavy atom. The zero-order valence-electron chi connectivity index (χ0n) is 14.3. The summed E-state index contributed by atoms with van der Waals surface area (Å²) < 4.78 is 16.3. The van der Waals surface area contributed by atoms with E-state index in [-0.39, 0.29) is 6.10 Å². The topological polar surface area (TPSA) is 60.0 Å². The van der Waals surface area contributed by atoms with Crippen molar-refractivity contribution < 1.29 is 19.0 Å². The van der Waals surface area contributed by atoms with E-state index in [4.69, 9.17) is 14.2 Å². The average molecular weight is 322 g/mol. The van der Waals surface area contributed by atoms with Crippen molar-refractivity contribution in [1.82, 2.24) is 10.4 Å². The molecular weight excluding hydrogens is 296 g/mol. The molecule has 2 rings (SSSR count). The third-order valence-corrected chi connectivity index (χ3v) is 3.45. The molecule has 0 spiro atoms. The molecular formula is C17H26N2O4. The Hall–Kier alpha value is -1.95. The number of benzene rings is 1. The van der Waals surface area contributed by atoms with Gasteiger partial charge in [0.25, 0.3) is 0 Å². The summed E-state index contributed by atoms with van der Waals surface area (Å²) in [5.74, 6) is 1.65. The van der Waals surface area contributed by atoms with Crippen LogP contribution in [0.25, 0.3) is 0 Å². The van der Waals surface area contributed by atoms with Gasteiger partial charge in [-0.1, -0.05) is 0 Å². The Kier molecular flexibility index (Phi) is 5.71. The quantitative estimate of drug-likeness (QED) is 0.923. The van der Waals surface area contributed by atoms with Gasteiger partial charge in [-0.3, -0.25) is 5.43 Å². The number of nitrogens with one attached hydrogen (secondary N) is 1. The van der Waals surface area contributed by atoms with Gasteiger partial charge in [0.05, 0.1) is 7.11 Å². The first-order valence-corrected chi connectivity index (χ1v) is 7.91. The predicted molar refractivity (Wildman–Crippen MR) is 87.6 cm³/mol. The van der Waals surface area contributed by atoms with Gasteiger partial charge < -0.3 is 14.2 Å². The van der Waals surface area contributed by atoms with Crippen LogP contribution >= 0.6 is 0 Å². The van der Waals surface area contributed by atoms with E-state index in [9.17, 15) is 4.79 Å². The smallest absolute Gasteiger partial charge is 0.422 e. The van der Waals surface area contributed by atoms with Gasteiger partial charge >= 0.3 is 6.09 Å². The lowest BCUT2D eigenvalue weighted by Gasteiger charge is -2.32. The van der Waals surface area contributed by atoms with Gasteiger partial charge in [0.2, 0.25) is 0 Å². The highest BCUT2D eigenvalue weighted by atomic mass is 16.6. The third-order valence-electron chi connectivity index (χ3n) is 3.45. The number of hydrogen-bond acceptors (Lipinski definition) is 5. The van der Waals surface area contributed by atoms with Gasteiger partial charge in [-0.15, -0.1) is 0 Å². The minimum atomic E-state index is -0.486. The molecule has 23 heavy (non-hydrogen) atoms. The molecule has 0 atom stereocenters. The molecule has 0 bridgehead atoms. The summed E-state index contributed by atoms with van der Waals surface area (Å²) in [5, 5.41) is 1.88. The van der Waals surface area contributed by atoms with Crippen molar-refractivity contribution in [3.8, 4) is 11.5 Å². The van der Waals surface area contributed by atoms with E-state index in [0.29, 0.717) is 0 Å². The Labute approximate surface area is 137 Å². The molecule has 1 aliphatic rings. The van der Waals surface area contributed by atoms with Crippen LogP contribution in [0.5, 0.6) is 11.5 Å². The van der Waals surface area contributed by atoms with Gasteiger partial charge in [0.15, 0.2) is 0 Å². The van der Waals surface area contributed by atoms with E-state index in [1.165, 1.54) is 0 Å². The Balaban J connectivity index is 1.74. The summed E-state index contributed by atoms with van der Waals surface area (Å²) in [6.45, 7) is 7.02. The number of rotatable bonds is 4. The third kappa shape index (κ3) is 5.98. The highest BCUT2D eigenvalue weighted by molar-refractivity contribution is 5.67. The largest absolute Gasteiger partial charge is 0.497 e. The second-order valence-corrected chi connectivity index (χ2v) is 6.59. The number of nitrogens with zero attached hydrogens (tertiary/aromatic N) is 1. The molecule has 0 saturated carbocycles. The molecule has 0 aromatic heterocycles. The fourth-order valence-electron chi connectivity index (χ4n) is 2.36. The second kappa shape index (κ2) is 7.55. The standard InChI is InChI=1S/C17H26N2O4/c1-17(2,3)23-16(20)18-19-11-9-15(10-12-19)22-14-7-5-13(21-4)6-8-14/h5-8,15H,9-12H2,1-4H3,(H,18,20). The van der Waals surface area contributed by atoms with Crippen LogP contribution < -0.4 is 14.9 Å². The first kappa shape index (κ1) is 17.4. The van der Waals surface area contributed by atoms with E-state index in [2.05, 4.69) is 5.43 Å². The van der Waals surface area contributed by atoms with E-state index >= 15 is 0 Å². The molecule has 0 unspecified atom stereocenters. The molecule has 1 heterocycles. The Morgan fingerprint density at radius 2 is 1.70 bits per heavy atom. The fraction of sp³-hybridized carbons (Fsp3) is 0.588. The lowest BCUT2D eigenvalue weighted by Crippen LogP contribution is -2.49. The number of piperidine rings is 1. The van der Waals surface area contributed by atoms with E-state index in [1.807, 2.05) is 50.0 Å². The van der Waals surface area contributed by atoms with Crippen molar-refractivity contribution in [2.45, 2.75) is 45.3 Å². The van der Waals surface area contributed by atoms with Crippen LogP contribution in [0, 0.1) is 0 Å². The van der Waals surface area contributed by atoms with Crippen LogP contribution in [0.4, 0.5) is 4.79 Å². The Bertz CT molecular complexity index is 502. The lowest BCUT2D eigenvalue weighted by atomic mass is 10.1. The second-order valence-electron chi connectivity index (χ2n) is 6.59. The normalized spacial score (nSPS) is 16.7. The number of hydrogen-bond donors (Lipinski definition) is 1. The van der Waals surface area contributed by atoms with Crippen LogP contribution in [0.15, 0.2) is 24.3 Å². The summed E-state index contributed by atoms with van der Waals surface area (Å²) in [6.07, 6.45) is 1.44. The minimum Gasteiger partial charge on any atom is -0.497 e. The molecule has 128 valence electrons. The number of hydrazine groups is 1. The molecule has 1 aromatic rings. The van der Waals surface area contributed by atoms with E-state index in [0.717, 1.165) is 37.4 Å². The van der Waals surface area contributed by atoms with E-state index < -0.39 is 11.7 Å². The lowest BCUT2D eigenvalue weighted by molar-refractivity contribution is 0.0192. The summed E-state index contributed by atoms with van der Waals surface area (Å²) in [6, 6.07) is 7.58. The maximum Gasteiger partial charge on any atom is 0.422 e. The predicted octanol–water partition coefficient (Wildman–Crippen LogP) is 2.98. The van der Waals surface area contributed by atoms with Gasteiger partial charge in [-0.25, -0.2) is 9.80 Å². The molecule has 1 N–H and O–H groups in total. The molecule has 1 fully saturated rings. The highest BCUT2D eigenvalue weighted by Gasteiger charge is 2.23. The molecule has 1 aliphatic heterocycles. The first-order valence-electron chi connectivity index (χ1n) is 7.91. The molecule has 1 aromatic carbocycles. The van der Waals surface area contributed by atoms with Crippen LogP contribution in [-0.4, -0.2) is 43.0 Å². The fourth-order valence-corrected chi connectivity index (χ4v) is 2.36. The zero-order valence-corrected chi connectivity index (χ0v) is 14.3. The maximum atomic E-state index is 11.7. The number of methoxy groups -OCH3 is 1. The zero-order chi connectivity index (χ0) is 16.9. The van der Waals surface area contributed by atoms with Crippen molar-refractivity contribution in [3.05, 3.63) is 24.3 Å². The van der Waals surface area contributed by atoms with Crippen LogP contribution in [0.2, 0.25) is 0 Å². The van der Waals surface area contributed by atoms with Gasteiger partial charge in [-0.2, -0.15) is 0 Å². The van der Waals surface area contributed by atoms with Crippen LogP contribution in [-0.2, 0) is 4.74 Å². The van der Waals surface area contributed by atoms with Crippen molar-refractivity contribution in [3.63, 3.8) is 0 Å². The van der Waals surface area contributed by atoms with Gasteiger partial charge in [0, 0.05) is 13.1 Å².